The Bertz CT molecular complexity index is 720. The Hall–Kier alpha value is -2.87. The minimum atomic E-state index is -0.505. The summed E-state index contributed by atoms with van der Waals surface area (Å²) in [5.74, 6) is 0. The van der Waals surface area contributed by atoms with E-state index in [1.54, 1.807) is 6.07 Å². The lowest BCUT2D eigenvalue weighted by atomic mass is 10.0. The van der Waals surface area contributed by atoms with E-state index in [1.807, 2.05) is 44.2 Å². The quantitative estimate of drug-likeness (QED) is 0.679. The number of nitrogens with zero attached hydrogens (tertiary/aromatic N) is 2. The fourth-order valence-electron chi connectivity index (χ4n) is 2.25. The first-order valence-corrected chi connectivity index (χ1v) is 6.53. The van der Waals surface area contributed by atoms with E-state index < -0.39 is 4.92 Å². The van der Waals surface area contributed by atoms with Crippen LogP contribution in [0, 0.1) is 28.4 Å². The van der Waals surface area contributed by atoms with Gasteiger partial charge in [0.2, 0.25) is 0 Å². The molecule has 1 atom stereocenters. The highest BCUT2D eigenvalue weighted by molar-refractivity contribution is 5.62. The molecule has 0 fully saturated rings. The molecular formula is C16H15N3O2. The summed E-state index contributed by atoms with van der Waals surface area (Å²) in [5.41, 5.74) is 3.06. The molecule has 2 aromatic rings. The molecule has 0 amide bonds. The smallest absolute Gasteiger partial charge is 0.270 e. The van der Waals surface area contributed by atoms with Crippen LogP contribution in [0.3, 0.4) is 0 Å². The second kappa shape index (κ2) is 6.06. The molecule has 0 aliphatic carbocycles. The Balaban J connectivity index is 2.30. The number of anilines is 1. The standard InChI is InChI=1S/C16H15N3O2/c1-11-5-3-4-6-15(11)12(2)18-16-8-7-14(19(20)21)9-13(16)10-17/h3-9,12,18H,1-2H3. The van der Waals surface area contributed by atoms with Crippen LogP contribution < -0.4 is 5.32 Å². The second-order valence-corrected chi connectivity index (χ2v) is 4.82. The minimum absolute atomic E-state index is 0.000226. The molecule has 21 heavy (non-hydrogen) atoms. The summed E-state index contributed by atoms with van der Waals surface area (Å²) in [5, 5.41) is 23.1. The predicted molar refractivity (Wildman–Crippen MR) is 81.0 cm³/mol. The summed E-state index contributed by atoms with van der Waals surface area (Å²) in [6.07, 6.45) is 0. The average Bonchev–Trinajstić information content (AvgIpc) is 2.47. The van der Waals surface area contributed by atoms with E-state index in [9.17, 15) is 10.1 Å². The molecule has 0 saturated heterocycles. The zero-order chi connectivity index (χ0) is 15.4. The van der Waals surface area contributed by atoms with Crippen molar-refractivity contribution in [1.82, 2.24) is 0 Å². The van der Waals surface area contributed by atoms with Crippen LogP contribution >= 0.6 is 0 Å². The number of aryl methyl sites for hydroxylation is 1. The number of benzene rings is 2. The first kappa shape index (κ1) is 14.5. The predicted octanol–water partition coefficient (Wildman–Crippen LogP) is 3.95. The van der Waals surface area contributed by atoms with Gasteiger partial charge >= 0.3 is 0 Å². The first-order chi connectivity index (χ1) is 10.0. The number of hydrogen-bond acceptors (Lipinski definition) is 4. The van der Waals surface area contributed by atoms with Crippen LogP contribution in [0.4, 0.5) is 11.4 Å². The largest absolute Gasteiger partial charge is 0.377 e. The van der Waals surface area contributed by atoms with Crippen molar-refractivity contribution in [3.63, 3.8) is 0 Å². The normalized spacial score (nSPS) is 11.5. The molecular weight excluding hydrogens is 266 g/mol. The van der Waals surface area contributed by atoms with Gasteiger partial charge in [0, 0.05) is 18.2 Å². The van der Waals surface area contributed by atoms with Crippen molar-refractivity contribution >= 4 is 11.4 Å². The maximum atomic E-state index is 10.7. The van der Waals surface area contributed by atoms with Gasteiger partial charge in [-0.2, -0.15) is 5.26 Å². The number of nitrogens with one attached hydrogen (secondary N) is 1. The van der Waals surface area contributed by atoms with Crippen molar-refractivity contribution in [3.05, 3.63) is 69.3 Å². The van der Waals surface area contributed by atoms with Crippen LogP contribution in [-0.4, -0.2) is 4.92 Å². The van der Waals surface area contributed by atoms with Gasteiger partial charge in [-0.15, -0.1) is 0 Å². The highest BCUT2D eigenvalue weighted by atomic mass is 16.6. The number of nitriles is 1. The Morgan fingerprint density at radius 2 is 2.00 bits per heavy atom. The molecule has 0 radical (unpaired) electrons. The Morgan fingerprint density at radius 3 is 2.62 bits per heavy atom. The summed E-state index contributed by atoms with van der Waals surface area (Å²) in [6, 6.07) is 14.2. The Morgan fingerprint density at radius 1 is 1.29 bits per heavy atom. The number of rotatable bonds is 4. The fourth-order valence-corrected chi connectivity index (χ4v) is 2.25. The van der Waals surface area contributed by atoms with Gasteiger partial charge in [-0.3, -0.25) is 10.1 Å². The summed E-state index contributed by atoms with van der Waals surface area (Å²) in [4.78, 5) is 10.2. The van der Waals surface area contributed by atoms with Crippen molar-refractivity contribution in [2.24, 2.45) is 0 Å². The Kier molecular flexibility index (Phi) is 4.19. The van der Waals surface area contributed by atoms with Crippen LogP contribution in [0.1, 0.15) is 29.7 Å². The lowest BCUT2D eigenvalue weighted by Gasteiger charge is -2.18. The van der Waals surface area contributed by atoms with Crippen molar-refractivity contribution in [1.29, 1.82) is 5.26 Å². The van der Waals surface area contributed by atoms with E-state index in [-0.39, 0.29) is 17.3 Å². The summed E-state index contributed by atoms with van der Waals surface area (Å²) in [7, 11) is 0. The summed E-state index contributed by atoms with van der Waals surface area (Å²) < 4.78 is 0. The highest BCUT2D eigenvalue weighted by Crippen LogP contribution is 2.26. The molecule has 1 N–H and O–H groups in total. The van der Waals surface area contributed by atoms with Gasteiger partial charge in [0.1, 0.15) is 6.07 Å². The van der Waals surface area contributed by atoms with Gasteiger partial charge in [-0.1, -0.05) is 24.3 Å². The molecule has 0 aliphatic heterocycles. The molecule has 0 saturated carbocycles. The van der Waals surface area contributed by atoms with Gasteiger partial charge in [-0.05, 0) is 31.0 Å². The van der Waals surface area contributed by atoms with E-state index in [0.717, 1.165) is 11.1 Å². The summed E-state index contributed by atoms with van der Waals surface area (Å²) >= 11 is 0. The minimum Gasteiger partial charge on any atom is -0.377 e. The third-order valence-corrected chi connectivity index (χ3v) is 3.36. The van der Waals surface area contributed by atoms with Crippen molar-refractivity contribution < 1.29 is 4.92 Å². The Labute approximate surface area is 123 Å². The van der Waals surface area contributed by atoms with E-state index in [0.29, 0.717) is 5.69 Å². The molecule has 2 aromatic carbocycles. The molecule has 0 aliphatic rings. The van der Waals surface area contributed by atoms with Crippen LogP contribution in [0.2, 0.25) is 0 Å². The van der Waals surface area contributed by atoms with Crippen molar-refractivity contribution in [2.45, 2.75) is 19.9 Å². The maximum absolute atomic E-state index is 10.7. The zero-order valence-corrected chi connectivity index (χ0v) is 11.8. The van der Waals surface area contributed by atoms with E-state index >= 15 is 0 Å². The van der Waals surface area contributed by atoms with Gasteiger partial charge in [0.25, 0.3) is 5.69 Å². The van der Waals surface area contributed by atoms with Gasteiger partial charge in [0.15, 0.2) is 0 Å². The lowest BCUT2D eigenvalue weighted by molar-refractivity contribution is -0.384. The molecule has 5 heteroatoms. The van der Waals surface area contributed by atoms with Gasteiger partial charge < -0.3 is 5.32 Å². The van der Waals surface area contributed by atoms with Crippen molar-refractivity contribution in [3.8, 4) is 6.07 Å². The molecule has 2 rings (SSSR count). The molecule has 1 unspecified atom stereocenters. The maximum Gasteiger partial charge on any atom is 0.270 e. The topological polar surface area (TPSA) is 79.0 Å². The third-order valence-electron chi connectivity index (χ3n) is 3.36. The highest BCUT2D eigenvalue weighted by Gasteiger charge is 2.13. The van der Waals surface area contributed by atoms with Crippen LogP contribution in [-0.2, 0) is 0 Å². The SMILES string of the molecule is Cc1ccccc1C(C)Nc1ccc([N+](=O)[O-])cc1C#N. The molecule has 0 heterocycles. The van der Waals surface area contributed by atoms with E-state index in [2.05, 4.69) is 5.32 Å². The third kappa shape index (κ3) is 3.18. The van der Waals surface area contributed by atoms with Crippen LogP contribution in [0.15, 0.2) is 42.5 Å². The van der Waals surface area contributed by atoms with Crippen molar-refractivity contribution in [2.75, 3.05) is 5.32 Å². The zero-order valence-electron chi connectivity index (χ0n) is 11.8. The molecule has 106 valence electrons. The summed E-state index contributed by atoms with van der Waals surface area (Å²) in [6.45, 7) is 4.01. The van der Waals surface area contributed by atoms with Gasteiger partial charge in [0.05, 0.1) is 16.2 Å². The fraction of sp³-hybridized carbons (Fsp3) is 0.188. The number of non-ortho nitro benzene ring substituents is 1. The second-order valence-electron chi connectivity index (χ2n) is 4.82. The lowest BCUT2D eigenvalue weighted by Crippen LogP contribution is -2.09. The molecule has 5 nitrogen and oxygen atoms in total. The van der Waals surface area contributed by atoms with Crippen LogP contribution in [0.25, 0.3) is 0 Å². The number of nitro benzene ring substituents is 1. The molecule has 0 spiro atoms. The van der Waals surface area contributed by atoms with E-state index in [1.165, 1.54) is 12.1 Å². The number of nitro groups is 1. The molecule has 0 aromatic heterocycles. The van der Waals surface area contributed by atoms with Gasteiger partial charge in [-0.25, -0.2) is 0 Å². The van der Waals surface area contributed by atoms with E-state index in [4.69, 9.17) is 5.26 Å². The number of hydrogen-bond donors (Lipinski definition) is 1. The molecule has 0 bridgehead atoms. The monoisotopic (exact) mass is 281 g/mol. The van der Waals surface area contributed by atoms with Crippen LogP contribution in [0.5, 0.6) is 0 Å². The first-order valence-electron chi connectivity index (χ1n) is 6.53. The average molecular weight is 281 g/mol.